The van der Waals surface area contributed by atoms with E-state index in [0.717, 1.165) is 15.6 Å². The Morgan fingerprint density at radius 2 is 1.52 bits per heavy atom. The van der Waals surface area contributed by atoms with Crippen LogP contribution in [0.2, 0.25) is 0 Å². The van der Waals surface area contributed by atoms with Crippen LogP contribution in [0.4, 0.5) is 0 Å². The zero-order valence-electron chi connectivity index (χ0n) is 14.0. The van der Waals surface area contributed by atoms with E-state index in [4.69, 9.17) is 4.18 Å². The van der Waals surface area contributed by atoms with Gasteiger partial charge >= 0.3 is 10.1 Å². The topological polar surface area (TPSA) is 43.4 Å². The van der Waals surface area contributed by atoms with E-state index in [9.17, 15) is 8.42 Å². The molecule has 2 rings (SSSR count). The van der Waals surface area contributed by atoms with Crippen molar-refractivity contribution in [3.8, 4) is 5.75 Å². The quantitative estimate of drug-likeness (QED) is 0.675. The summed E-state index contributed by atoms with van der Waals surface area (Å²) < 4.78 is 31.2. The molecule has 3 nitrogen and oxygen atoms in total. The van der Waals surface area contributed by atoms with Crippen molar-refractivity contribution in [1.29, 1.82) is 0 Å². The Hall–Kier alpha value is -1.33. The minimum atomic E-state index is -3.85. The molecule has 5 heteroatoms. The van der Waals surface area contributed by atoms with Crippen LogP contribution in [0.1, 0.15) is 37.5 Å². The molecule has 23 heavy (non-hydrogen) atoms. The van der Waals surface area contributed by atoms with Gasteiger partial charge in [-0.15, -0.1) is 0 Å². The van der Waals surface area contributed by atoms with Crippen molar-refractivity contribution in [3.63, 3.8) is 0 Å². The molecule has 0 N–H and O–H groups in total. The van der Waals surface area contributed by atoms with E-state index < -0.39 is 10.1 Å². The smallest absolute Gasteiger partial charge is 0.339 e. The Labute approximate surface area is 146 Å². The highest BCUT2D eigenvalue weighted by Crippen LogP contribution is 2.28. The predicted octanol–water partition coefficient (Wildman–Crippen LogP) is 5.13. The van der Waals surface area contributed by atoms with Gasteiger partial charge in [-0.05, 0) is 60.2 Å². The Balaban J connectivity index is 2.34. The van der Waals surface area contributed by atoms with Crippen molar-refractivity contribution in [3.05, 3.63) is 57.6 Å². The summed E-state index contributed by atoms with van der Waals surface area (Å²) in [7, 11) is -3.85. The number of hydrogen-bond acceptors (Lipinski definition) is 3. The van der Waals surface area contributed by atoms with E-state index >= 15 is 0 Å². The predicted molar refractivity (Wildman–Crippen MR) is 96.6 cm³/mol. The van der Waals surface area contributed by atoms with Gasteiger partial charge in [-0.25, -0.2) is 0 Å². The van der Waals surface area contributed by atoms with Crippen LogP contribution < -0.4 is 4.18 Å². The molecule has 0 aliphatic carbocycles. The summed E-state index contributed by atoms with van der Waals surface area (Å²) >= 11 is 3.40. The third-order valence-electron chi connectivity index (χ3n) is 3.65. The summed E-state index contributed by atoms with van der Waals surface area (Å²) in [5.41, 5.74) is 2.63. The lowest BCUT2D eigenvalue weighted by Gasteiger charge is -2.19. The van der Waals surface area contributed by atoms with E-state index in [0.29, 0.717) is 11.3 Å². The maximum atomic E-state index is 12.5. The van der Waals surface area contributed by atoms with Crippen LogP contribution in [-0.2, 0) is 15.5 Å². The van der Waals surface area contributed by atoms with Crippen LogP contribution in [0.15, 0.2) is 45.8 Å². The molecule has 0 atom stereocenters. The first kappa shape index (κ1) is 18.0. The summed E-state index contributed by atoms with van der Waals surface area (Å²) in [5, 5.41) is 0. The van der Waals surface area contributed by atoms with Crippen LogP contribution in [0.25, 0.3) is 0 Å². The number of benzene rings is 2. The summed E-state index contributed by atoms with van der Waals surface area (Å²) in [6.07, 6.45) is 0. The summed E-state index contributed by atoms with van der Waals surface area (Å²) in [4.78, 5) is 0.193. The minimum Gasteiger partial charge on any atom is -0.379 e. The van der Waals surface area contributed by atoms with E-state index in [1.54, 1.807) is 31.2 Å². The highest BCUT2D eigenvalue weighted by molar-refractivity contribution is 9.10. The number of hydrogen-bond donors (Lipinski definition) is 0. The normalized spacial score (nSPS) is 12.3. The molecule has 0 spiro atoms. The molecular formula is C18H21BrO3S. The first-order valence-electron chi connectivity index (χ1n) is 7.32. The molecule has 0 aromatic heterocycles. The lowest BCUT2D eigenvalue weighted by Crippen LogP contribution is -2.13. The monoisotopic (exact) mass is 396 g/mol. The van der Waals surface area contributed by atoms with Gasteiger partial charge in [0.05, 0.1) is 0 Å². The third-order valence-corrected chi connectivity index (χ3v) is 5.90. The van der Waals surface area contributed by atoms with Crippen molar-refractivity contribution >= 4 is 26.0 Å². The lowest BCUT2D eigenvalue weighted by molar-refractivity contribution is 0.485. The summed E-state index contributed by atoms with van der Waals surface area (Å²) in [5.74, 6) is 0.318. The van der Waals surface area contributed by atoms with Crippen molar-refractivity contribution in [2.45, 2.75) is 44.9 Å². The van der Waals surface area contributed by atoms with E-state index in [1.807, 2.05) is 19.1 Å². The van der Waals surface area contributed by atoms with Gasteiger partial charge in [0.2, 0.25) is 0 Å². The standard InChI is InChI=1S/C18H21BrO3S/c1-12-11-17(13(2)10-16(12)19)23(20,21)22-15-8-6-14(7-9-15)18(3,4)5/h6-11H,1-5H3. The van der Waals surface area contributed by atoms with Crippen LogP contribution in [0, 0.1) is 13.8 Å². The molecule has 0 fully saturated rings. The molecule has 0 heterocycles. The SMILES string of the molecule is Cc1cc(S(=O)(=O)Oc2ccc(C(C)(C)C)cc2)c(C)cc1Br. The van der Waals surface area contributed by atoms with Gasteiger partial charge < -0.3 is 4.18 Å². The molecule has 0 radical (unpaired) electrons. The van der Waals surface area contributed by atoms with Crippen molar-refractivity contribution in [1.82, 2.24) is 0 Å². The maximum absolute atomic E-state index is 12.5. The fraction of sp³-hybridized carbons (Fsp3) is 0.333. The molecule has 0 saturated carbocycles. The maximum Gasteiger partial charge on any atom is 0.339 e. The van der Waals surface area contributed by atoms with E-state index in [-0.39, 0.29) is 10.3 Å². The average molecular weight is 397 g/mol. The van der Waals surface area contributed by atoms with Gasteiger partial charge in [0, 0.05) is 4.47 Å². The van der Waals surface area contributed by atoms with Crippen LogP contribution in [0.5, 0.6) is 5.75 Å². The minimum absolute atomic E-state index is 0.0107. The van der Waals surface area contributed by atoms with Crippen molar-refractivity contribution in [2.75, 3.05) is 0 Å². The van der Waals surface area contributed by atoms with Crippen molar-refractivity contribution in [2.24, 2.45) is 0 Å². The average Bonchev–Trinajstić information content (AvgIpc) is 2.41. The first-order chi connectivity index (χ1) is 10.5. The second-order valence-electron chi connectivity index (χ2n) is 6.68. The highest BCUT2D eigenvalue weighted by Gasteiger charge is 2.21. The second kappa shape index (κ2) is 6.29. The summed E-state index contributed by atoms with van der Waals surface area (Å²) in [6, 6.07) is 10.6. The van der Waals surface area contributed by atoms with Crippen LogP contribution >= 0.6 is 15.9 Å². The molecule has 2 aromatic rings. The number of rotatable bonds is 3. The third kappa shape index (κ3) is 4.15. The lowest BCUT2D eigenvalue weighted by atomic mass is 9.87. The largest absolute Gasteiger partial charge is 0.379 e. The highest BCUT2D eigenvalue weighted by atomic mass is 79.9. The summed E-state index contributed by atoms with van der Waals surface area (Å²) in [6.45, 7) is 9.92. The van der Waals surface area contributed by atoms with E-state index in [2.05, 4.69) is 36.7 Å². The molecule has 0 amide bonds. The molecule has 0 saturated heterocycles. The Bertz CT molecular complexity index is 817. The van der Waals surface area contributed by atoms with Crippen molar-refractivity contribution < 1.29 is 12.6 Å². The first-order valence-corrected chi connectivity index (χ1v) is 9.52. The van der Waals surface area contributed by atoms with Gasteiger partial charge in [0.15, 0.2) is 0 Å². The molecule has 0 unspecified atom stereocenters. The Kier molecular flexibility index (Phi) is 4.92. The van der Waals surface area contributed by atoms with Crippen LogP contribution in [0.3, 0.4) is 0 Å². The fourth-order valence-electron chi connectivity index (χ4n) is 2.21. The Morgan fingerprint density at radius 1 is 0.957 bits per heavy atom. The molecule has 124 valence electrons. The van der Waals surface area contributed by atoms with Gasteiger partial charge in [-0.2, -0.15) is 8.42 Å². The number of halogens is 1. The Morgan fingerprint density at radius 3 is 2.04 bits per heavy atom. The van der Waals surface area contributed by atoms with Gasteiger partial charge in [-0.3, -0.25) is 0 Å². The zero-order valence-corrected chi connectivity index (χ0v) is 16.4. The molecule has 0 aliphatic heterocycles. The number of aryl methyl sites for hydroxylation is 2. The molecule has 0 aliphatic rings. The molecule has 2 aromatic carbocycles. The molecule has 0 bridgehead atoms. The van der Waals surface area contributed by atoms with Gasteiger partial charge in [-0.1, -0.05) is 48.8 Å². The van der Waals surface area contributed by atoms with E-state index in [1.165, 1.54) is 0 Å². The zero-order chi connectivity index (χ0) is 17.4. The van der Waals surface area contributed by atoms with Gasteiger partial charge in [0.25, 0.3) is 0 Å². The van der Waals surface area contributed by atoms with Gasteiger partial charge in [0.1, 0.15) is 10.6 Å². The second-order valence-corrected chi connectivity index (χ2v) is 9.05. The van der Waals surface area contributed by atoms with Crippen LogP contribution in [-0.4, -0.2) is 8.42 Å². The fourth-order valence-corrected chi connectivity index (χ4v) is 3.89. The molecular weight excluding hydrogens is 376 g/mol.